The first-order valence-corrected chi connectivity index (χ1v) is 14.5. The Morgan fingerprint density at radius 3 is 2.38 bits per heavy atom. The summed E-state index contributed by atoms with van der Waals surface area (Å²) in [5.74, 6) is 0.0433. The van der Waals surface area contributed by atoms with Crippen LogP contribution in [0.2, 0.25) is 0 Å². The van der Waals surface area contributed by atoms with Crippen molar-refractivity contribution in [2.75, 3.05) is 17.5 Å². The maximum atomic E-state index is 13.8. The van der Waals surface area contributed by atoms with Crippen LogP contribution in [0.15, 0.2) is 71.6 Å². The second-order valence-corrected chi connectivity index (χ2v) is 11.4. The summed E-state index contributed by atoms with van der Waals surface area (Å²) in [6.07, 6.45) is 5.26. The first-order chi connectivity index (χ1) is 17.8. The fourth-order valence-electron chi connectivity index (χ4n) is 4.84. The van der Waals surface area contributed by atoms with Gasteiger partial charge in [0.15, 0.2) is 0 Å². The molecule has 4 rings (SSSR count). The van der Waals surface area contributed by atoms with Crippen LogP contribution in [0.4, 0.5) is 5.69 Å². The largest absolute Gasteiger partial charge is 0.492 e. The number of fused-ring (bicyclic) bond motifs is 1. The zero-order chi connectivity index (χ0) is 26.4. The fourth-order valence-corrected chi connectivity index (χ4v) is 6.27. The molecule has 0 aliphatic heterocycles. The van der Waals surface area contributed by atoms with Crippen molar-refractivity contribution in [1.82, 2.24) is 5.32 Å². The maximum Gasteiger partial charge on any atom is 0.264 e. The summed E-state index contributed by atoms with van der Waals surface area (Å²) in [5, 5.41) is 3.09. The lowest BCUT2D eigenvalue weighted by Crippen LogP contribution is -2.42. The topological polar surface area (TPSA) is 75.7 Å². The van der Waals surface area contributed by atoms with Gasteiger partial charge in [-0.15, -0.1) is 0 Å². The van der Waals surface area contributed by atoms with Crippen LogP contribution < -0.4 is 14.4 Å². The van der Waals surface area contributed by atoms with Crippen molar-refractivity contribution in [2.24, 2.45) is 0 Å². The molecular weight excluding hydrogens is 484 g/mol. The minimum absolute atomic E-state index is 0.124. The van der Waals surface area contributed by atoms with E-state index in [2.05, 4.69) is 23.5 Å². The zero-order valence-electron chi connectivity index (χ0n) is 21.9. The number of hydrogen-bond acceptors (Lipinski definition) is 4. The van der Waals surface area contributed by atoms with Crippen molar-refractivity contribution < 1.29 is 17.9 Å². The third-order valence-electron chi connectivity index (χ3n) is 6.85. The van der Waals surface area contributed by atoms with Gasteiger partial charge in [0.05, 0.1) is 23.2 Å². The lowest BCUT2D eigenvalue weighted by atomic mass is 9.89. The molecule has 6 nitrogen and oxygen atoms in total. The predicted octanol–water partition coefficient (Wildman–Crippen LogP) is 5.74. The molecule has 0 aromatic heterocycles. The van der Waals surface area contributed by atoms with Gasteiger partial charge in [-0.3, -0.25) is 9.10 Å². The number of ether oxygens (including phenoxy) is 1. The molecule has 0 heterocycles. The van der Waals surface area contributed by atoms with Crippen molar-refractivity contribution >= 4 is 21.6 Å². The highest BCUT2D eigenvalue weighted by molar-refractivity contribution is 7.92. The zero-order valence-corrected chi connectivity index (χ0v) is 22.7. The van der Waals surface area contributed by atoms with Gasteiger partial charge in [0, 0.05) is 0 Å². The van der Waals surface area contributed by atoms with Crippen LogP contribution in [0.1, 0.15) is 61.4 Å². The number of nitrogens with one attached hydrogen (secondary N) is 1. The second-order valence-electron chi connectivity index (χ2n) is 9.49. The number of sulfonamides is 1. The minimum atomic E-state index is -4.03. The molecular formula is C30H36N2O4S. The monoisotopic (exact) mass is 520 g/mol. The summed E-state index contributed by atoms with van der Waals surface area (Å²) in [5.41, 5.74) is 5.08. The summed E-state index contributed by atoms with van der Waals surface area (Å²) < 4.78 is 34.5. The van der Waals surface area contributed by atoms with Gasteiger partial charge in [0.1, 0.15) is 12.3 Å². The molecule has 0 radical (unpaired) electrons. The molecule has 7 heteroatoms. The number of para-hydroxylation sites is 2. The number of aryl methyl sites for hydroxylation is 3. The van der Waals surface area contributed by atoms with E-state index in [0.717, 1.165) is 28.3 Å². The summed E-state index contributed by atoms with van der Waals surface area (Å²) in [6.45, 7) is 5.78. The predicted molar refractivity (Wildman–Crippen MR) is 148 cm³/mol. The van der Waals surface area contributed by atoms with Crippen molar-refractivity contribution in [1.29, 1.82) is 0 Å². The molecule has 0 spiro atoms. The molecule has 37 heavy (non-hydrogen) atoms. The molecule has 0 saturated carbocycles. The van der Waals surface area contributed by atoms with Gasteiger partial charge in [-0.25, -0.2) is 8.42 Å². The molecule has 0 bridgehead atoms. The summed E-state index contributed by atoms with van der Waals surface area (Å²) in [4.78, 5) is 13.5. The third kappa shape index (κ3) is 6.16. The van der Waals surface area contributed by atoms with Crippen molar-refractivity contribution in [3.63, 3.8) is 0 Å². The number of anilines is 1. The van der Waals surface area contributed by atoms with Gasteiger partial charge in [0.2, 0.25) is 5.91 Å². The Morgan fingerprint density at radius 1 is 0.973 bits per heavy atom. The van der Waals surface area contributed by atoms with E-state index in [1.165, 1.54) is 24.0 Å². The van der Waals surface area contributed by atoms with E-state index >= 15 is 0 Å². The standard InChI is InChI=1S/C30H36N2O4S/c1-4-27(25-17-16-23-10-6-7-11-24(23)20-25)31-30(33)21-32(28-12-8-9-13-29(28)36-5-2)37(34,35)26-18-14-22(3)15-19-26/h8-9,12-20,27H,4-7,10-11,21H2,1-3H3,(H,31,33)/t27-/m1/s1. The quantitative estimate of drug-likeness (QED) is 0.370. The van der Waals surface area contributed by atoms with Crippen molar-refractivity contribution in [3.8, 4) is 5.75 Å². The molecule has 1 aliphatic carbocycles. The van der Waals surface area contributed by atoms with E-state index < -0.39 is 10.0 Å². The van der Waals surface area contributed by atoms with E-state index in [-0.39, 0.29) is 23.4 Å². The van der Waals surface area contributed by atoms with Gasteiger partial charge in [-0.05, 0) is 86.9 Å². The van der Waals surface area contributed by atoms with Gasteiger partial charge >= 0.3 is 0 Å². The van der Waals surface area contributed by atoms with Crippen LogP contribution >= 0.6 is 0 Å². The molecule has 1 N–H and O–H groups in total. The Morgan fingerprint density at radius 2 is 1.68 bits per heavy atom. The Balaban J connectivity index is 1.64. The Hall–Kier alpha value is -3.32. The number of rotatable bonds is 10. The van der Waals surface area contributed by atoms with Crippen LogP contribution in [0.25, 0.3) is 0 Å². The molecule has 1 atom stereocenters. The molecule has 3 aromatic rings. The van der Waals surface area contributed by atoms with Crippen LogP contribution in [-0.4, -0.2) is 27.5 Å². The number of nitrogens with zero attached hydrogens (tertiary/aromatic N) is 1. The maximum absolute atomic E-state index is 13.8. The van der Waals surface area contributed by atoms with Gasteiger partial charge < -0.3 is 10.1 Å². The average molecular weight is 521 g/mol. The Bertz CT molecular complexity index is 1340. The minimum Gasteiger partial charge on any atom is -0.492 e. The molecule has 1 amide bonds. The van der Waals surface area contributed by atoms with E-state index in [1.54, 1.807) is 48.5 Å². The van der Waals surface area contributed by atoms with E-state index in [4.69, 9.17) is 4.74 Å². The summed E-state index contributed by atoms with van der Waals surface area (Å²) >= 11 is 0. The van der Waals surface area contributed by atoms with Crippen LogP contribution in [0.5, 0.6) is 5.75 Å². The number of carbonyl (C=O) groups excluding carboxylic acids is 1. The first kappa shape index (κ1) is 26.7. The average Bonchev–Trinajstić information content (AvgIpc) is 2.91. The number of benzene rings is 3. The number of hydrogen-bond donors (Lipinski definition) is 1. The highest BCUT2D eigenvalue weighted by Gasteiger charge is 2.30. The van der Waals surface area contributed by atoms with Crippen LogP contribution in [0.3, 0.4) is 0 Å². The molecule has 3 aromatic carbocycles. The first-order valence-electron chi connectivity index (χ1n) is 13.1. The fraction of sp³-hybridized carbons (Fsp3) is 0.367. The lowest BCUT2D eigenvalue weighted by molar-refractivity contribution is -0.120. The Labute approximate surface area is 220 Å². The SMILES string of the molecule is CCOc1ccccc1N(CC(=O)N[C@H](CC)c1ccc2c(c1)CCCC2)S(=O)(=O)c1ccc(C)cc1. The summed E-state index contributed by atoms with van der Waals surface area (Å²) in [7, 11) is -4.03. The molecule has 0 saturated heterocycles. The van der Waals surface area contributed by atoms with E-state index in [9.17, 15) is 13.2 Å². The smallest absolute Gasteiger partial charge is 0.264 e. The van der Waals surface area contributed by atoms with E-state index in [1.807, 2.05) is 20.8 Å². The number of carbonyl (C=O) groups is 1. The van der Waals surface area contributed by atoms with E-state index in [0.29, 0.717) is 24.5 Å². The van der Waals surface area contributed by atoms with Crippen LogP contribution in [0, 0.1) is 6.92 Å². The van der Waals surface area contributed by atoms with Crippen molar-refractivity contribution in [3.05, 3.63) is 89.0 Å². The van der Waals surface area contributed by atoms with Crippen molar-refractivity contribution in [2.45, 2.75) is 63.8 Å². The van der Waals surface area contributed by atoms with Gasteiger partial charge in [-0.2, -0.15) is 0 Å². The molecule has 196 valence electrons. The highest BCUT2D eigenvalue weighted by atomic mass is 32.2. The molecule has 1 aliphatic rings. The highest BCUT2D eigenvalue weighted by Crippen LogP contribution is 2.33. The third-order valence-corrected chi connectivity index (χ3v) is 8.62. The Kier molecular flexibility index (Phi) is 8.54. The molecule has 0 unspecified atom stereocenters. The summed E-state index contributed by atoms with van der Waals surface area (Å²) in [6, 6.07) is 19.8. The van der Waals surface area contributed by atoms with Crippen LogP contribution in [-0.2, 0) is 27.7 Å². The lowest BCUT2D eigenvalue weighted by Gasteiger charge is -2.27. The number of amides is 1. The second kappa shape index (κ2) is 11.8. The van der Waals surface area contributed by atoms with Gasteiger partial charge in [-0.1, -0.05) is 55.0 Å². The normalized spacial score (nSPS) is 13.9. The molecule has 0 fully saturated rings. The van der Waals surface area contributed by atoms with Gasteiger partial charge in [0.25, 0.3) is 10.0 Å².